The topological polar surface area (TPSA) is 72.7 Å². The number of amides is 1. The molecule has 3 rings (SSSR count). The number of aryl methyl sites for hydroxylation is 1. The van der Waals surface area contributed by atoms with E-state index in [0.717, 1.165) is 11.3 Å². The fraction of sp³-hybridized carbons (Fsp3) is 0.143. The summed E-state index contributed by atoms with van der Waals surface area (Å²) in [4.78, 5) is 24.5. The van der Waals surface area contributed by atoms with E-state index in [-0.39, 0.29) is 5.91 Å². The van der Waals surface area contributed by atoms with Gasteiger partial charge in [-0.25, -0.2) is 15.0 Å². The van der Waals surface area contributed by atoms with Crippen LogP contribution in [-0.4, -0.2) is 32.5 Å². The predicted molar refractivity (Wildman–Crippen MR) is 74.8 cm³/mol. The standard InChI is InChI=1S/C14H13N5O/c1-9-4-3-5-10(14(20)15-2)12(9)19-8-18-11-6-16-7-17-13(11)19/h3-8H,1-2H3,(H,15,20). The van der Waals surface area contributed by atoms with Crippen molar-refractivity contribution in [2.24, 2.45) is 0 Å². The van der Waals surface area contributed by atoms with E-state index in [1.807, 2.05) is 23.6 Å². The summed E-state index contributed by atoms with van der Waals surface area (Å²) in [6.45, 7) is 1.95. The number of imidazole rings is 1. The van der Waals surface area contributed by atoms with Crippen LogP contribution in [0.1, 0.15) is 15.9 Å². The largest absolute Gasteiger partial charge is 0.355 e. The average Bonchev–Trinajstić information content (AvgIpc) is 2.90. The van der Waals surface area contributed by atoms with Crippen LogP contribution in [0.3, 0.4) is 0 Å². The van der Waals surface area contributed by atoms with Crippen LogP contribution >= 0.6 is 0 Å². The third-order valence-corrected chi connectivity index (χ3v) is 3.16. The molecule has 0 spiro atoms. The molecule has 0 fully saturated rings. The second-order valence-electron chi connectivity index (χ2n) is 4.40. The van der Waals surface area contributed by atoms with Gasteiger partial charge in [0.25, 0.3) is 5.91 Å². The maximum absolute atomic E-state index is 12.0. The van der Waals surface area contributed by atoms with Gasteiger partial charge in [0.2, 0.25) is 0 Å². The van der Waals surface area contributed by atoms with Crippen LogP contribution in [0.2, 0.25) is 0 Å². The molecule has 1 amide bonds. The number of carbonyl (C=O) groups excluding carboxylic acids is 1. The first kappa shape index (κ1) is 12.3. The maximum Gasteiger partial charge on any atom is 0.253 e. The molecule has 0 bridgehead atoms. The summed E-state index contributed by atoms with van der Waals surface area (Å²) in [7, 11) is 1.61. The molecular weight excluding hydrogens is 254 g/mol. The van der Waals surface area contributed by atoms with E-state index < -0.39 is 0 Å². The number of nitrogens with one attached hydrogen (secondary N) is 1. The maximum atomic E-state index is 12.0. The molecule has 0 atom stereocenters. The van der Waals surface area contributed by atoms with Crippen molar-refractivity contribution in [2.75, 3.05) is 7.05 Å². The number of fused-ring (bicyclic) bond motifs is 1. The molecular formula is C14H13N5O. The molecule has 1 aromatic carbocycles. The Kier molecular flexibility index (Phi) is 2.90. The van der Waals surface area contributed by atoms with Gasteiger partial charge in [-0.1, -0.05) is 12.1 Å². The predicted octanol–water partition coefficient (Wildman–Crippen LogP) is 1.48. The Labute approximate surface area is 115 Å². The number of rotatable bonds is 2. The molecule has 0 aliphatic rings. The van der Waals surface area contributed by atoms with Crippen LogP contribution < -0.4 is 5.32 Å². The molecule has 100 valence electrons. The molecule has 2 heterocycles. The quantitative estimate of drug-likeness (QED) is 0.763. The lowest BCUT2D eigenvalue weighted by atomic mass is 10.1. The minimum Gasteiger partial charge on any atom is -0.355 e. The molecule has 0 aliphatic heterocycles. The van der Waals surface area contributed by atoms with Gasteiger partial charge in [0.05, 0.1) is 17.4 Å². The molecule has 6 nitrogen and oxygen atoms in total. The van der Waals surface area contributed by atoms with Crippen molar-refractivity contribution in [2.45, 2.75) is 6.92 Å². The minimum atomic E-state index is -0.139. The van der Waals surface area contributed by atoms with Gasteiger partial charge in [-0.15, -0.1) is 0 Å². The lowest BCUT2D eigenvalue weighted by Crippen LogP contribution is -2.20. The zero-order valence-electron chi connectivity index (χ0n) is 11.2. The summed E-state index contributed by atoms with van der Waals surface area (Å²) in [5, 5.41) is 2.65. The number of aromatic nitrogens is 4. The molecule has 20 heavy (non-hydrogen) atoms. The van der Waals surface area contributed by atoms with Gasteiger partial charge in [0, 0.05) is 7.05 Å². The summed E-state index contributed by atoms with van der Waals surface area (Å²) in [6, 6.07) is 5.60. The second kappa shape index (κ2) is 4.73. The van der Waals surface area contributed by atoms with Crippen LogP contribution in [0.5, 0.6) is 0 Å². The highest BCUT2D eigenvalue weighted by Gasteiger charge is 2.16. The monoisotopic (exact) mass is 267 g/mol. The highest BCUT2D eigenvalue weighted by atomic mass is 16.1. The van der Waals surface area contributed by atoms with Gasteiger partial charge in [0.15, 0.2) is 5.65 Å². The summed E-state index contributed by atoms with van der Waals surface area (Å²) >= 11 is 0. The molecule has 0 unspecified atom stereocenters. The summed E-state index contributed by atoms with van der Waals surface area (Å²) in [5.41, 5.74) is 3.72. The highest BCUT2D eigenvalue weighted by molar-refractivity contribution is 5.98. The van der Waals surface area contributed by atoms with Gasteiger partial charge in [0.1, 0.15) is 18.2 Å². The van der Waals surface area contributed by atoms with Gasteiger partial charge >= 0.3 is 0 Å². The van der Waals surface area contributed by atoms with Crippen molar-refractivity contribution < 1.29 is 4.79 Å². The lowest BCUT2D eigenvalue weighted by molar-refractivity contribution is 0.0963. The fourth-order valence-corrected chi connectivity index (χ4v) is 2.23. The van der Waals surface area contributed by atoms with Crippen LogP contribution in [0, 0.1) is 6.92 Å². The Morgan fingerprint density at radius 3 is 2.95 bits per heavy atom. The number of hydrogen-bond acceptors (Lipinski definition) is 4. The normalized spacial score (nSPS) is 10.7. The molecule has 0 saturated heterocycles. The fourth-order valence-electron chi connectivity index (χ4n) is 2.23. The first-order valence-corrected chi connectivity index (χ1v) is 6.17. The number of hydrogen-bond donors (Lipinski definition) is 1. The van der Waals surface area contributed by atoms with E-state index in [1.54, 1.807) is 25.6 Å². The molecule has 6 heteroatoms. The van der Waals surface area contributed by atoms with E-state index in [0.29, 0.717) is 16.7 Å². The van der Waals surface area contributed by atoms with Crippen molar-refractivity contribution in [1.82, 2.24) is 24.8 Å². The minimum absolute atomic E-state index is 0.139. The van der Waals surface area contributed by atoms with Crippen molar-refractivity contribution in [3.8, 4) is 5.69 Å². The Morgan fingerprint density at radius 1 is 1.30 bits per heavy atom. The Hall–Kier alpha value is -2.76. The number of para-hydroxylation sites is 1. The van der Waals surface area contributed by atoms with Crippen LogP contribution in [0.25, 0.3) is 16.9 Å². The van der Waals surface area contributed by atoms with Crippen LogP contribution in [0.15, 0.2) is 37.1 Å². The summed E-state index contributed by atoms with van der Waals surface area (Å²) < 4.78 is 1.82. The van der Waals surface area contributed by atoms with E-state index >= 15 is 0 Å². The Balaban J connectivity index is 2.31. The molecule has 3 aromatic rings. The molecule has 2 aromatic heterocycles. The zero-order chi connectivity index (χ0) is 14.1. The molecule has 0 aliphatic carbocycles. The van der Waals surface area contributed by atoms with Crippen molar-refractivity contribution >= 4 is 17.1 Å². The lowest BCUT2D eigenvalue weighted by Gasteiger charge is -2.12. The van der Waals surface area contributed by atoms with Gasteiger partial charge in [-0.2, -0.15) is 0 Å². The van der Waals surface area contributed by atoms with E-state index in [1.165, 1.54) is 6.33 Å². The van der Waals surface area contributed by atoms with E-state index in [2.05, 4.69) is 20.3 Å². The van der Waals surface area contributed by atoms with Crippen molar-refractivity contribution in [3.63, 3.8) is 0 Å². The van der Waals surface area contributed by atoms with E-state index in [9.17, 15) is 4.79 Å². The summed E-state index contributed by atoms with van der Waals surface area (Å²) in [6.07, 6.45) is 4.78. The third-order valence-electron chi connectivity index (χ3n) is 3.16. The molecule has 0 radical (unpaired) electrons. The number of carbonyl (C=O) groups is 1. The van der Waals surface area contributed by atoms with E-state index in [4.69, 9.17) is 0 Å². The smallest absolute Gasteiger partial charge is 0.253 e. The third kappa shape index (κ3) is 1.82. The Morgan fingerprint density at radius 2 is 2.15 bits per heavy atom. The molecule has 0 saturated carbocycles. The second-order valence-corrected chi connectivity index (χ2v) is 4.40. The SMILES string of the molecule is CNC(=O)c1cccc(C)c1-n1cnc2cncnc21. The zero-order valence-corrected chi connectivity index (χ0v) is 11.2. The highest BCUT2D eigenvalue weighted by Crippen LogP contribution is 2.22. The first-order chi connectivity index (χ1) is 9.72. The van der Waals surface area contributed by atoms with Crippen molar-refractivity contribution in [3.05, 3.63) is 48.2 Å². The average molecular weight is 267 g/mol. The first-order valence-electron chi connectivity index (χ1n) is 6.17. The van der Waals surface area contributed by atoms with Gasteiger partial charge in [-0.3, -0.25) is 9.36 Å². The van der Waals surface area contributed by atoms with Crippen LogP contribution in [-0.2, 0) is 0 Å². The summed E-state index contributed by atoms with van der Waals surface area (Å²) in [5.74, 6) is -0.139. The number of nitrogens with zero attached hydrogens (tertiary/aromatic N) is 4. The Bertz CT molecular complexity index is 793. The molecule has 1 N–H and O–H groups in total. The van der Waals surface area contributed by atoms with Gasteiger partial charge in [-0.05, 0) is 18.6 Å². The van der Waals surface area contributed by atoms with Gasteiger partial charge < -0.3 is 5.32 Å². The van der Waals surface area contributed by atoms with Crippen molar-refractivity contribution in [1.29, 1.82) is 0 Å². The number of benzene rings is 1. The van der Waals surface area contributed by atoms with Crippen LogP contribution in [0.4, 0.5) is 0 Å².